The van der Waals surface area contributed by atoms with Gasteiger partial charge in [0.2, 0.25) is 29.5 Å². The number of nitrogens with one attached hydrogen (secondary N) is 6. The van der Waals surface area contributed by atoms with Gasteiger partial charge in [-0.3, -0.25) is 24.0 Å². The third-order valence-corrected chi connectivity index (χ3v) is 7.79. The van der Waals surface area contributed by atoms with Crippen molar-refractivity contribution in [1.82, 2.24) is 31.9 Å². The van der Waals surface area contributed by atoms with E-state index in [4.69, 9.17) is 22.9 Å². The summed E-state index contributed by atoms with van der Waals surface area (Å²) < 4.78 is 13.4. The molecule has 0 saturated heterocycles. The smallest absolute Gasteiger partial charge is 0.312 e. The fraction of sp³-hybridized carbons (Fsp3) is 0.545. The molecule has 0 heterocycles. The zero-order valence-corrected chi connectivity index (χ0v) is 29.5. The maximum absolute atomic E-state index is 13.7. The minimum atomic E-state index is -1.21. The third-order valence-electron chi connectivity index (χ3n) is 7.79. The standard InChI is InChI=1S/C33H53FN10O7/c1-5-19(4)26(31(49)42-24(27(36)45)17-20-10-12-21(34)13-11-20)44-30(48)25(16-18(2)3)43-29(47)23(9-7-15-40-33(38)51)41-28(46)22(35)8-6-14-39-32(37)50/h6,8,10-13,18-19,22-26H,5,7,9,14-17,35H2,1-4H3,(H2,36,45)(H,41,46)(H,42,49)(H,43,47)(H,44,48)(H3,37,39,50)(H3,38,40,51)/b8-6+/t19-,22-,23-,24-,25-,26-/m0/s1. The molecule has 6 atom stereocenters. The average molecular weight is 721 g/mol. The molecule has 0 aliphatic heterocycles. The predicted octanol–water partition coefficient (Wildman–Crippen LogP) is -1.11. The second-order valence-electron chi connectivity index (χ2n) is 12.6. The normalized spacial score (nSPS) is 14.6. The molecule has 0 radical (unpaired) electrons. The van der Waals surface area contributed by atoms with E-state index in [0.29, 0.717) is 12.0 Å². The number of carbonyl (C=O) groups is 7. The maximum Gasteiger partial charge on any atom is 0.312 e. The molecular formula is C33H53FN10O7. The van der Waals surface area contributed by atoms with Gasteiger partial charge in [0.1, 0.15) is 36.0 Å². The van der Waals surface area contributed by atoms with Crippen molar-refractivity contribution in [2.45, 2.75) is 90.0 Å². The Labute approximate surface area is 297 Å². The van der Waals surface area contributed by atoms with E-state index >= 15 is 0 Å². The molecule has 0 unspecified atom stereocenters. The molecule has 0 bridgehead atoms. The number of benzene rings is 1. The monoisotopic (exact) mass is 720 g/mol. The van der Waals surface area contributed by atoms with Crippen LogP contribution in [-0.4, -0.2) is 84.9 Å². The van der Waals surface area contributed by atoms with Crippen LogP contribution in [0.3, 0.4) is 0 Å². The quantitative estimate of drug-likeness (QED) is 0.0516. The van der Waals surface area contributed by atoms with Crippen LogP contribution in [0.4, 0.5) is 14.0 Å². The fourth-order valence-electron chi connectivity index (χ4n) is 4.79. The molecule has 51 heavy (non-hydrogen) atoms. The van der Waals surface area contributed by atoms with E-state index in [2.05, 4.69) is 31.9 Å². The van der Waals surface area contributed by atoms with E-state index in [1.165, 1.54) is 36.4 Å². The Kier molecular flexibility index (Phi) is 19.3. The summed E-state index contributed by atoms with van der Waals surface area (Å²) in [4.78, 5) is 87.9. The van der Waals surface area contributed by atoms with Gasteiger partial charge in [0.25, 0.3) is 0 Å². The molecule has 9 amide bonds. The first-order valence-electron chi connectivity index (χ1n) is 16.7. The van der Waals surface area contributed by atoms with Gasteiger partial charge in [0.15, 0.2) is 0 Å². The van der Waals surface area contributed by atoms with Crippen molar-refractivity contribution in [2.24, 2.45) is 34.8 Å². The zero-order valence-electron chi connectivity index (χ0n) is 29.5. The highest BCUT2D eigenvalue weighted by Crippen LogP contribution is 2.13. The second kappa shape index (κ2) is 22.5. The molecule has 17 nitrogen and oxygen atoms in total. The number of hydrogen-bond acceptors (Lipinski definition) is 8. The summed E-state index contributed by atoms with van der Waals surface area (Å²) in [5.74, 6) is -4.66. The molecule has 1 rings (SSSR count). The lowest BCUT2D eigenvalue weighted by molar-refractivity contribution is -0.135. The van der Waals surface area contributed by atoms with Crippen LogP contribution in [0.2, 0.25) is 0 Å². The van der Waals surface area contributed by atoms with Crippen LogP contribution in [-0.2, 0) is 30.4 Å². The maximum atomic E-state index is 13.7. The first kappa shape index (κ1) is 43.8. The Hall–Kier alpha value is -5.26. The van der Waals surface area contributed by atoms with E-state index in [1.54, 1.807) is 6.92 Å². The number of nitrogens with two attached hydrogens (primary N) is 4. The van der Waals surface area contributed by atoms with Gasteiger partial charge in [-0.05, 0) is 48.8 Å². The molecule has 14 N–H and O–H groups in total. The van der Waals surface area contributed by atoms with Gasteiger partial charge in [-0.1, -0.05) is 58.4 Å². The lowest BCUT2D eigenvalue weighted by atomic mass is 9.95. The Bertz CT molecular complexity index is 1380. The molecule has 0 fully saturated rings. The molecule has 284 valence electrons. The molecule has 0 aliphatic rings. The van der Waals surface area contributed by atoms with Gasteiger partial charge >= 0.3 is 12.1 Å². The van der Waals surface area contributed by atoms with Crippen LogP contribution in [0.5, 0.6) is 0 Å². The van der Waals surface area contributed by atoms with E-state index in [9.17, 15) is 38.0 Å². The minimum absolute atomic E-state index is 0.0120. The molecular weight excluding hydrogens is 667 g/mol. The van der Waals surface area contributed by atoms with Crippen molar-refractivity contribution < 1.29 is 38.0 Å². The van der Waals surface area contributed by atoms with Crippen molar-refractivity contribution in [3.8, 4) is 0 Å². The highest BCUT2D eigenvalue weighted by molar-refractivity contribution is 5.96. The number of primary amides is 3. The molecule has 1 aromatic carbocycles. The zero-order chi connectivity index (χ0) is 38.7. The summed E-state index contributed by atoms with van der Waals surface area (Å²) in [7, 11) is 0. The molecule has 0 aliphatic carbocycles. The lowest BCUT2D eigenvalue weighted by Gasteiger charge is -2.29. The van der Waals surface area contributed by atoms with E-state index in [0.717, 1.165) is 0 Å². The van der Waals surface area contributed by atoms with Crippen molar-refractivity contribution in [2.75, 3.05) is 13.1 Å². The molecule has 0 spiro atoms. The van der Waals surface area contributed by atoms with Gasteiger partial charge < -0.3 is 54.8 Å². The van der Waals surface area contributed by atoms with Crippen molar-refractivity contribution >= 4 is 41.6 Å². The number of urea groups is 2. The summed E-state index contributed by atoms with van der Waals surface area (Å²) in [6, 6.07) is -2.05. The van der Waals surface area contributed by atoms with Crippen molar-refractivity contribution in [3.63, 3.8) is 0 Å². The first-order valence-corrected chi connectivity index (χ1v) is 16.7. The summed E-state index contributed by atoms with van der Waals surface area (Å²) in [5, 5.41) is 15.2. The second-order valence-corrected chi connectivity index (χ2v) is 12.6. The van der Waals surface area contributed by atoms with Crippen molar-refractivity contribution in [1.29, 1.82) is 0 Å². The number of carbonyl (C=O) groups excluding carboxylic acids is 7. The van der Waals surface area contributed by atoms with Gasteiger partial charge in [-0.15, -0.1) is 0 Å². The summed E-state index contributed by atoms with van der Waals surface area (Å²) in [6.45, 7) is 7.29. The largest absolute Gasteiger partial charge is 0.368 e. The summed E-state index contributed by atoms with van der Waals surface area (Å²) in [6.07, 6.45) is 3.54. The Morgan fingerprint density at radius 3 is 1.88 bits per heavy atom. The predicted molar refractivity (Wildman–Crippen MR) is 187 cm³/mol. The van der Waals surface area contributed by atoms with Crippen LogP contribution in [0.15, 0.2) is 36.4 Å². The van der Waals surface area contributed by atoms with Gasteiger partial charge in [0.05, 0.1) is 0 Å². The van der Waals surface area contributed by atoms with Crippen LogP contribution < -0.4 is 54.8 Å². The molecule has 0 saturated carbocycles. The average Bonchev–Trinajstić information content (AvgIpc) is 3.05. The first-order chi connectivity index (χ1) is 23.9. The van der Waals surface area contributed by atoms with Gasteiger partial charge in [0, 0.05) is 19.5 Å². The van der Waals surface area contributed by atoms with Crippen LogP contribution >= 0.6 is 0 Å². The highest BCUT2D eigenvalue weighted by atomic mass is 19.1. The third kappa shape index (κ3) is 17.3. The van der Waals surface area contributed by atoms with Gasteiger partial charge in [-0.25, -0.2) is 14.0 Å². The minimum Gasteiger partial charge on any atom is -0.368 e. The van der Waals surface area contributed by atoms with Crippen LogP contribution in [0.1, 0.15) is 58.9 Å². The number of halogens is 1. The lowest BCUT2D eigenvalue weighted by Crippen LogP contribution is -2.60. The topological polar surface area (TPSA) is 296 Å². The molecule has 1 aromatic rings. The van der Waals surface area contributed by atoms with Crippen LogP contribution in [0.25, 0.3) is 0 Å². The number of amides is 9. The van der Waals surface area contributed by atoms with Crippen LogP contribution in [0, 0.1) is 17.7 Å². The number of hydrogen-bond donors (Lipinski definition) is 10. The number of rotatable bonds is 22. The van der Waals surface area contributed by atoms with E-state index in [-0.39, 0.29) is 44.7 Å². The molecule has 0 aromatic heterocycles. The Balaban J connectivity index is 3.19. The summed E-state index contributed by atoms with van der Waals surface area (Å²) in [5.41, 5.74) is 22.2. The molecule has 18 heteroatoms. The SMILES string of the molecule is CC[C@H](C)[C@H](NC(=O)[C@H](CC(C)C)NC(=O)[C@H](CCCNC(N)=O)NC(=O)[C@@H](N)/C=C/CNC(N)=O)C(=O)N[C@@H](Cc1ccc(F)cc1)C(N)=O. The Morgan fingerprint density at radius 2 is 1.33 bits per heavy atom. The fourth-order valence-corrected chi connectivity index (χ4v) is 4.79. The summed E-state index contributed by atoms with van der Waals surface area (Å²) >= 11 is 0. The van der Waals surface area contributed by atoms with Gasteiger partial charge in [-0.2, -0.15) is 0 Å². The van der Waals surface area contributed by atoms with E-state index in [1.807, 2.05) is 20.8 Å². The highest BCUT2D eigenvalue weighted by Gasteiger charge is 2.33. The van der Waals surface area contributed by atoms with Crippen molar-refractivity contribution in [3.05, 3.63) is 47.8 Å². The van der Waals surface area contributed by atoms with E-state index < -0.39 is 83.5 Å². The Morgan fingerprint density at radius 1 is 0.765 bits per heavy atom.